The van der Waals surface area contributed by atoms with E-state index in [1.807, 2.05) is 24.3 Å². The lowest BCUT2D eigenvalue weighted by Gasteiger charge is -2.32. The molecule has 0 amide bonds. The van der Waals surface area contributed by atoms with Crippen LogP contribution in [-0.4, -0.2) is 31.2 Å². The van der Waals surface area contributed by atoms with Crippen LogP contribution >= 0.6 is 0 Å². The highest BCUT2D eigenvalue weighted by atomic mass is 16.7. The molecule has 0 spiro atoms. The van der Waals surface area contributed by atoms with Crippen LogP contribution in [0, 0.1) is 0 Å². The molecular weight excluding hydrogens is 279 g/mol. The van der Waals surface area contributed by atoms with Crippen LogP contribution in [-0.2, 0) is 14.0 Å². The second kappa shape index (κ2) is 5.87. The first-order valence-electron chi connectivity index (χ1n) is 8.11. The Balaban J connectivity index is 1.65. The Hall–Kier alpha value is -1.04. The average molecular weight is 304 g/mol. The SMILES string of the molecule is CC1(C)OB(c2ccc(O[C@@H]3CCCCO3)cc2)OC1(C)C. The van der Waals surface area contributed by atoms with Crippen molar-refractivity contribution in [2.75, 3.05) is 6.61 Å². The molecule has 0 aliphatic carbocycles. The van der Waals surface area contributed by atoms with Crippen molar-refractivity contribution in [1.29, 1.82) is 0 Å². The number of hydrogen-bond donors (Lipinski definition) is 0. The van der Waals surface area contributed by atoms with Gasteiger partial charge in [0.25, 0.3) is 0 Å². The summed E-state index contributed by atoms with van der Waals surface area (Å²) >= 11 is 0. The molecule has 1 aromatic rings. The summed E-state index contributed by atoms with van der Waals surface area (Å²) in [7, 11) is -0.329. The van der Waals surface area contributed by atoms with Crippen molar-refractivity contribution in [3.05, 3.63) is 24.3 Å². The molecule has 2 fully saturated rings. The van der Waals surface area contributed by atoms with Crippen LogP contribution in [0.2, 0.25) is 0 Å². The fraction of sp³-hybridized carbons (Fsp3) is 0.647. The van der Waals surface area contributed by atoms with Gasteiger partial charge in [-0.1, -0.05) is 12.1 Å². The minimum Gasteiger partial charge on any atom is -0.465 e. The molecule has 2 saturated heterocycles. The van der Waals surface area contributed by atoms with Gasteiger partial charge >= 0.3 is 7.12 Å². The maximum absolute atomic E-state index is 6.05. The van der Waals surface area contributed by atoms with Gasteiger partial charge in [0.05, 0.1) is 17.8 Å². The van der Waals surface area contributed by atoms with E-state index in [2.05, 4.69) is 27.7 Å². The summed E-state index contributed by atoms with van der Waals surface area (Å²) in [4.78, 5) is 0. The van der Waals surface area contributed by atoms with E-state index in [4.69, 9.17) is 18.8 Å². The highest BCUT2D eigenvalue weighted by Crippen LogP contribution is 2.36. The highest BCUT2D eigenvalue weighted by molar-refractivity contribution is 6.62. The monoisotopic (exact) mass is 304 g/mol. The predicted molar refractivity (Wildman–Crippen MR) is 86.4 cm³/mol. The molecule has 5 heteroatoms. The third-order valence-electron chi connectivity index (χ3n) is 4.81. The zero-order valence-corrected chi connectivity index (χ0v) is 13.9. The molecule has 2 heterocycles. The maximum atomic E-state index is 6.05. The van der Waals surface area contributed by atoms with E-state index in [-0.39, 0.29) is 24.6 Å². The first-order valence-corrected chi connectivity index (χ1v) is 8.11. The van der Waals surface area contributed by atoms with E-state index in [0.717, 1.165) is 37.1 Å². The van der Waals surface area contributed by atoms with Gasteiger partial charge in [-0.05, 0) is 58.1 Å². The molecule has 22 heavy (non-hydrogen) atoms. The predicted octanol–water partition coefficient (Wildman–Crippen LogP) is 2.89. The minimum absolute atomic E-state index is 0.114. The normalized spacial score (nSPS) is 26.9. The van der Waals surface area contributed by atoms with Crippen LogP contribution in [0.15, 0.2) is 24.3 Å². The van der Waals surface area contributed by atoms with Crippen molar-refractivity contribution in [1.82, 2.24) is 0 Å². The van der Waals surface area contributed by atoms with Crippen molar-refractivity contribution in [3.63, 3.8) is 0 Å². The fourth-order valence-corrected chi connectivity index (χ4v) is 2.64. The van der Waals surface area contributed by atoms with Crippen molar-refractivity contribution in [2.45, 2.75) is 64.4 Å². The van der Waals surface area contributed by atoms with Gasteiger partial charge < -0.3 is 18.8 Å². The Bertz CT molecular complexity index is 490. The molecule has 3 rings (SSSR count). The largest absolute Gasteiger partial charge is 0.494 e. The molecule has 0 aromatic heterocycles. The Morgan fingerprint density at radius 3 is 2.18 bits per heavy atom. The smallest absolute Gasteiger partial charge is 0.465 e. The second-order valence-corrected chi connectivity index (χ2v) is 7.07. The van der Waals surface area contributed by atoms with Crippen molar-refractivity contribution in [2.24, 2.45) is 0 Å². The highest BCUT2D eigenvalue weighted by Gasteiger charge is 2.51. The fourth-order valence-electron chi connectivity index (χ4n) is 2.64. The Morgan fingerprint density at radius 2 is 1.64 bits per heavy atom. The molecule has 1 atom stereocenters. The van der Waals surface area contributed by atoms with Gasteiger partial charge in [-0.25, -0.2) is 0 Å². The first kappa shape index (κ1) is 15.8. The molecule has 0 bridgehead atoms. The van der Waals surface area contributed by atoms with Gasteiger partial charge in [0.1, 0.15) is 5.75 Å². The van der Waals surface area contributed by atoms with E-state index in [0.29, 0.717) is 0 Å². The van der Waals surface area contributed by atoms with Crippen LogP contribution in [0.3, 0.4) is 0 Å². The van der Waals surface area contributed by atoms with Crippen LogP contribution < -0.4 is 10.2 Å². The van der Waals surface area contributed by atoms with Gasteiger partial charge in [0.15, 0.2) is 6.29 Å². The first-order chi connectivity index (χ1) is 10.4. The summed E-state index contributed by atoms with van der Waals surface area (Å²) in [6.07, 6.45) is 3.13. The minimum atomic E-state index is -0.329. The summed E-state index contributed by atoms with van der Waals surface area (Å²) in [5.74, 6) is 0.826. The Morgan fingerprint density at radius 1 is 1.00 bits per heavy atom. The summed E-state index contributed by atoms with van der Waals surface area (Å²) in [6.45, 7) is 9.03. The lowest BCUT2D eigenvalue weighted by Crippen LogP contribution is -2.41. The van der Waals surface area contributed by atoms with Gasteiger partial charge in [0, 0.05) is 6.42 Å². The molecule has 4 nitrogen and oxygen atoms in total. The Labute approximate surface area is 133 Å². The molecule has 0 unspecified atom stereocenters. The number of benzene rings is 1. The summed E-state index contributed by atoms with van der Waals surface area (Å²) in [6, 6.07) is 7.91. The molecule has 0 saturated carbocycles. The topological polar surface area (TPSA) is 36.9 Å². The lowest BCUT2D eigenvalue weighted by molar-refractivity contribution is -0.105. The van der Waals surface area contributed by atoms with Gasteiger partial charge in [0.2, 0.25) is 0 Å². The molecule has 2 aliphatic rings. The molecule has 1 aromatic carbocycles. The summed E-state index contributed by atoms with van der Waals surface area (Å²) < 4.78 is 23.6. The number of hydrogen-bond acceptors (Lipinski definition) is 4. The van der Waals surface area contributed by atoms with E-state index in [1.165, 1.54) is 0 Å². The van der Waals surface area contributed by atoms with Gasteiger partial charge in [-0.3, -0.25) is 0 Å². The lowest BCUT2D eigenvalue weighted by atomic mass is 9.79. The van der Waals surface area contributed by atoms with Crippen LogP contribution in [0.4, 0.5) is 0 Å². The Kier molecular flexibility index (Phi) is 4.23. The van der Waals surface area contributed by atoms with Crippen LogP contribution in [0.5, 0.6) is 5.75 Å². The van der Waals surface area contributed by atoms with Crippen LogP contribution in [0.25, 0.3) is 0 Å². The zero-order chi connectivity index (χ0) is 15.8. The molecule has 120 valence electrons. The van der Waals surface area contributed by atoms with E-state index in [9.17, 15) is 0 Å². The van der Waals surface area contributed by atoms with Crippen molar-refractivity contribution in [3.8, 4) is 5.75 Å². The standard InChI is InChI=1S/C17H25BO4/c1-16(2)17(3,4)22-18(21-16)13-8-10-14(11-9-13)20-15-7-5-6-12-19-15/h8-11,15H,5-7,12H2,1-4H3/t15-/m1/s1. The third kappa shape index (κ3) is 3.17. The number of rotatable bonds is 3. The van der Waals surface area contributed by atoms with Crippen molar-refractivity contribution >= 4 is 12.6 Å². The van der Waals surface area contributed by atoms with Gasteiger partial charge in [-0.2, -0.15) is 0 Å². The average Bonchev–Trinajstić information content (AvgIpc) is 2.69. The molecule has 0 radical (unpaired) electrons. The summed E-state index contributed by atoms with van der Waals surface area (Å²) in [5, 5.41) is 0. The number of ether oxygens (including phenoxy) is 2. The van der Waals surface area contributed by atoms with Gasteiger partial charge in [-0.15, -0.1) is 0 Å². The third-order valence-corrected chi connectivity index (χ3v) is 4.81. The van der Waals surface area contributed by atoms with E-state index >= 15 is 0 Å². The van der Waals surface area contributed by atoms with E-state index in [1.54, 1.807) is 0 Å². The second-order valence-electron chi connectivity index (χ2n) is 7.07. The zero-order valence-electron chi connectivity index (χ0n) is 13.9. The molecular formula is C17H25BO4. The quantitative estimate of drug-likeness (QED) is 0.805. The molecule has 0 N–H and O–H groups in total. The van der Waals surface area contributed by atoms with Crippen molar-refractivity contribution < 1.29 is 18.8 Å². The summed E-state index contributed by atoms with van der Waals surface area (Å²) in [5.41, 5.74) is 0.376. The molecule has 2 aliphatic heterocycles. The van der Waals surface area contributed by atoms with Crippen LogP contribution in [0.1, 0.15) is 47.0 Å². The maximum Gasteiger partial charge on any atom is 0.494 e. The van der Waals surface area contributed by atoms with E-state index < -0.39 is 0 Å².